The Balaban J connectivity index is 2.20. The molecular formula is C9H5N7O. The molecule has 8 heteroatoms. The third-order valence-corrected chi connectivity index (χ3v) is 2.44. The van der Waals surface area contributed by atoms with Gasteiger partial charge in [-0.15, -0.1) is 5.10 Å². The molecular weight excluding hydrogens is 222 g/mol. The van der Waals surface area contributed by atoms with E-state index in [4.69, 9.17) is 4.42 Å². The molecule has 17 heavy (non-hydrogen) atoms. The summed E-state index contributed by atoms with van der Waals surface area (Å²) in [6, 6.07) is 3.56. The molecule has 8 nitrogen and oxygen atoms in total. The Bertz CT molecular complexity index is 797. The third-order valence-electron chi connectivity index (χ3n) is 2.44. The van der Waals surface area contributed by atoms with Gasteiger partial charge in [0.15, 0.2) is 11.2 Å². The SMILES string of the molecule is c1coc(-n2nnc3ncn4ncnc4c32)c1. The van der Waals surface area contributed by atoms with Crippen LogP contribution >= 0.6 is 0 Å². The quantitative estimate of drug-likeness (QED) is 0.469. The summed E-state index contributed by atoms with van der Waals surface area (Å²) >= 11 is 0. The fourth-order valence-electron chi connectivity index (χ4n) is 1.71. The Kier molecular flexibility index (Phi) is 1.42. The highest BCUT2D eigenvalue weighted by Gasteiger charge is 2.14. The van der Waals surface area contributed by atoms with Crippen LogP contribution in [0.15, 0.2) is 35.5 Å². The van der Waals surface area contributed by atoms with Crippen molar-refractivity contribution in [3.8, 4) is 5.88 Å². The Hall–Kier alpha value is -2.77. The van der Waals surface area contributed by atoms with Crippen LogP contribution in [0.2, 0.25) is 0 Å². The number of hydrogen-bond donors (Lipinski definition) is 0. The molecule has 4 rings (SSSR count). The predicted molar refractivity (Wildman–Crippen MR) is 55.5 cm³/mol. The van der Waals surface area contributed by atoms with Gasteiger partial charge >= 0.3 is 0 Å². The lowest BCUT2D eigenvalue weighted by atomic mass is 10.5. The Morgan fingerprint density at radius 2 is 2.24 bits per heavy atom. The van der Waals surface area contributed by atoms with Crippen LogP contribution in [0.1, 0.15) is 0 Å². The van der Waals surface area contributed by atoms with E-state index in [1.54, 1.807) is 33.9 Å². The van der Waals surface area contributed by atoms with Crippen molar-refractivity contribution in [2.45, 2.75) is 0 Å². The van der Waals surface area contributed by atoms with Crippen molar-refractivity contribution >= 4 is 16.8 Å². The van der Waals surface area contributed by atoms with Crippen molar-refractivity contribution in [3.05, 3.63) is 31.1 Å². The smallest absolute Gasteiger partial charge is 0.221 e. The lowest BCUT2D eigenvalue weighted by molar-refractivity contribution is 0.522. The van der Waals surface area contributed by atoms with Gasteiger partial charge in [-0.05, 0) is 6.07 Å². The first-order valence-corrected chi connectivity index (χ1v) is 4.87. The van der Waals surface area contributed by atoms with E-state index in [0.717, 1.165) is 0 Å². The highest BCUT2D eigenvalue weighted by Crippen LogP contribution is 2.17. The molecule has 0 aliphatic rings. The van der Waals surface area contributed by atoms with Crippen molar-refractivity contribution in [1.29, 1.82) is 0 Å². The normalized spacial score (nSPS) is 11.5. The Labute approximate surface area is 93.5 Å². The zero-order valence-electron chi connectivity index (χ0n) is 8.43. The van der Waals surface area contributed by atoms with Crippen LogP contribution in [0.3, 0.4) is 0 Å². The molecule has 0 atom stereocenters. The van der Waals surface area contributed by atoms with E-state index < -0.39 is 0 Å². The lowest BCUT2D eigenvalue weighted by Gasteiger charge is -1.96. The molecule has 0 fully saturated rings. The van der Waals surface area contributed by atoms with Crippen molar-refractivity contribution in [3.63, 3.8) is 0 Å². The van der Waals surface area contributed by atoms with Gasteiger partial charge in [0.05, 0.1) is 6.26 Å². The summed E-state index contributed by atoms with van der Waals surface area (Å²) in [4.78, 5) is 8.30. The summed E-state index contributed by atoms with van der Waals surface area (Å²) in [6.07, 6.45) is 4.57. The highest BCUT2D eigenvalue weighted by molar-refractivity contribution is 5.85. The number of hydrogen-bond acceptors (Lipinski definition) is 6. The van der Waals surface area contributed by atoms with Crippen LogP contribution in [0.5, 0.6) is 0 Å². The summed E-state index contributed by atoms with van der Waals surface area (Å²) in [5, 5.41) is 12.0. The summed E-state index contributed by atoms with van der Waals surface area (Å²) in [7, 11) is 0. The van der Waals surface area contributed by atoms with Crippen molar-refractivity contribution < 1.29 is 4.42 Å². The van der Waals surface area contributed by atoms with Crippen molar-refractivity contribution in [2.75, 3.05) is 0 Å². The third kappa shape index (κ3) is 1.03. The summed E-state index contributed by atoms with van der Waals surface area (Å²) in [5.41, 5.74) is 1.80. The molecule has 0 saturated heterocycles. The number of nitrogens with zero attached hydrogens (tertiary/aromatic N) is 7. The van der Waals surface area contributed by atoms with Gasteiger partial charge in [-0.25, -0.2) is 14.5 Å². The standard InChI is InChI=1S/C9H5N7O/c1-2-6(17-3-1)16-7-8(13-14-16)11-5-15-9(7)10-4-12-15/h1-5H. The number of aromatic nitrogens is 7. The molecule has 82 valence electrons. The molecule has 0 N–H and O–H groups in total. The maximum absolute atomic E-state index is 5.29. The van der Waals surface area contributed by atoms with Gasteiger partial charge in [-0.3, -0.25) is 0 Å². The van der Waals surface area contributed by atoms with Crippen LogP contribution < -0.4 is 0 Å². The van der Waals surface area contributed by atoms with E-state index in [0.29, 0.717) is 22.7 Å². The second-order valence-corrected chi connectivity index (χ2v) is 3.40. The zero-order chi connectivity index (χ0) is 11.2. The first kappa shape index (κ1) is 8.39. The monoisotopic (exact) mass is 227 g/mol. The molecule has 0 spiro atoms. The molecule has 0 radical (unpaired) electrons. The van der Waals surface area contributed by atoms with E-state index in [-0.39, 0.29) is 0 Å². The Morgan fingerprint density at radius 1 is 1.24 bits per heavy atom. The summed E-state index contributed by atoms with van der Waals surface area (Å²) in [6.45, 7) is 0. The van der Waals surface area contributed by atoms with Gasteiger partial charge in [0.2, 0.25) is 11.5 Å². The van der Waals surface area contributed by atoms with Crippen LogP contribution in [-0.4, -0.2) is 34.6 Å². The molecule has 4 aromatic heterocycles. The second kappa shape index (κ2) is 2.88. The van der Waals surface area contributed by atoms with Crippen molar-refractivity contribution in [1.82, 2.24) is 34.6 Å². The summed E-state index contributed by atoms with van der Waals surface area (Å²) in [5.74, 6) is 0.561. The fraction of sp³-hybridized carbons (Fsp3) is 0. The molecule has 0 amide bonds. The van der Waals surface area contributed by atoms with E-state index in [9.17, 15) is 0 Å². The fourth-order valence-corrected chi connectivity index (χ4v) is 1.71. The zero-order valence-corrected chi connectivity index (χ0v) is 8.43. The predicted octanol–water partition coefficient (Wildman–Crippen LogP) is 0.451. The maximum atomic E-state index is 5.29. The van der Waals surface area contributed by atoms with E-state index in [2.05, 4.69) is 25.4 Å². The topological polar surface area (TPSA) is 86.9 Å². The molecule has 0 saturated carbocycles. The van der Waals surface area contributed by atoms with Crippen LogP contribution in [0, 0.1) is 0 Å². The first-order chi connectivity index (χ1) is 8.43. The minimum Gasteiger partial charge on any atom is -0.447 e. The molecule has 4 heterocycles. The minimum atomic E-state index is 0.502. The van der Waals surface area contributed by atoms with Gasteiger partial charge in [0.1, 0.15) is 12.7 Å². The summed E-state index contributed by atoms with van der Waals surface area (Å²) < 4.78 is 8.40. The largest absolute Gasteiger partial charge is 0.447 e. The minimum absolute atomic E-state index is 0.502. The molecule has 0 aromatic carbocycles. The van der Waals surface area contributed by atoms with Crippen LogP contribution in [0.4, 0.5) is 0 Å². The molecule has 0 unspecified atom stereocenters. The van der Waals surface area contributed by atoms with Gasteiger partial charge in [0, 0.05) is 6.07 Å². The lowest BCUT2D eigenvalue weighted by Crippen LogP contribution is -1.97. The van der Waals surface area contributed by atoms with Crippen LogP contribution in [0.25, 0.3) is 22.7 Å². The van der Waals surface area contributed by atoms with Crippen molar-refractivity contribution in [2.24, 2.45) is 0 Å². The second-order valence-electron chi connectivity index (χ2n) is 3.40. The Morgan fingerprint density at radius 3 is 3.12 bits per heavy atom. The number of rotatable bonds is 1. The van der Waals surface area contributed by atoms with Gasteiger partial charge in [-0.2, -0.15) is 9.78 Å². The average Bonchev–Trinajstić information content (AvgIpc) is 3.08. The van der Waals surface area contributed by atoms with Crippen LogP contribution in [-0.2, 0) is 0 Å². The molecule has 0 aliphatic heterocycles. The maximum Gasteiger partial charge on any atom is 0.221 e. The number of fused-ring (bicyclic) bond motifs is 3. The highest BCUT2D eigenvalue weighted by atomic mass is 16.3. The van der Waals surface area contributed by atoms with E-state index >= 15 is 0 Å². The van der Waals surface area contributed by atoms with Gasteiger partial charge in [-0.1, -0.05) is 5.21 Å². The molecule has 4 aromatic rings. The molecule has 0 aliphatic carbocycles. The molecule has 0 bridgehead atoms. The van der Waals surface area contributed by atoms with E-state index in [1.807, 2.05) is 0 Å². The first-order valence-electron chi connectivity index (χ1n) is 4.87. The van der Waals surface area contributed by atoms with Gasteiger partial charge < -0.3 is 4.42 Å². The van der Waals surface area contributed by atoms with Gasteiger partial charge in [0.25, 0.3) is 0 Å². The average molecular weight is 227 g/mol. The number of furan rings is 1. The van der Waals surface area contributed by atoms with E-state index in [1.165, 1.54) is 6.33 Å².